The van der Waals surface area contributed by atoms with Crippen LogP contribution in [0.2, 0.25) is 0 Å². The summed E-state index contributed by atoms with van der Waals surface area (Å²) in [5, 5.41) is 4.45. The molecular weight excluding hydrogens is 695 g/mol. The average Bonchev–Trinajstić information content (AvgIpc) is 3.85. The Balaban J connectivity index is 1.08. The highest BCUT2D eigenvalue weighted by atomic mass is 16.3. The molecule has 0 aliphatic carbocycles. The van der Waals surface area contributed by atoms with Crippen molar-refractivity contribution in [2.75, 3.05) is 4.90 Å². The summed E-state index contributed by atoms with van der Waals surface area (Å²) >= 11 is 0. The summed E-state index contributed by atoms with van der Waals surface area (Å²) < 4.78 is 12.9. The highest BCUT2D eigenvalue weighted by Crippen LogP contribution is 2.47. The first-order valence-electron chi connectivity index (χ1n) is 19.3. The van der Waals surface area contributed by atoms with Gasteiger partial charge in [-0.25, -0.2) is 0 Å². The Morgan fingerprint density at radius 2 is 0.772 bits per heavy atom. The van der Waals surface area contributed by atoms with E-state index < -0.39 is 0 Å². The van der Waals surface area contributed by atoms with Crippen LogP contribution in [0.4, 0.5) is 17.1 Å². The van der Waals surface area contributed by atoms with Gasteiger partial charge in [0.25, 0.3) is 0 Å². The van der Waals surface area contributed by atoms with Crippen LogP contribution in [0.5, 0.6) is 0 Å². The molecule has 11 aromatic rings. The Morgan fingerprint density at radius 3 is 1.49 bits per heavy atom. The highest BCUT2D eigenvalue weighted by molar-refractivity contribution is 6.17. The summed E-state index contributed by atoms with van der Waals surface area (Å²) in [5.74, 6) is 0. The van der Waals surface area contributed by atoms with Gasteiger partial charge < -0.3 is 13.7 Å². The maximum atomic E-state index is 6.47. The van der Waals surface area contributed by atoms with Crippen molar-refractivity contribution in [1.29, 1.82) is 0 Å². The van der Waals surface area contributed by atoms with E-state index in [0.717, 1.165) is 77.6 Å². The first kappa shape index (κ1) is 32.8. The Hall–Kier alpha value is -7.62. The second kappa shape index (κ2) is 13.6. The molecule has 0 saturated heterocycles. The van der Waals surface area contributed by atoms with E-state index in [0.29, 0.717) is 0 Å². The number of hydrogen-bond donors (Lipinski definition) is 0. The lowest BCUT2D eigenvalue weighted by atomic mass is 9.86. The van der Waals surface area contributed by atoms with Crippen molar-refractivity contribution in [3.63, 3.8) is 0 Å². The summed E-state index contributed by atoms with van der Waals surface area (Å²) in [5.41, 5.74) is 15.9. The molecule has 0 fully saturated rings. The van der Waals surface area contributed by atoms with Crippen LogP contribution in [0.1, 0.15) is 0 Å². The molecule has 0 spiro atoms. The third kappa shape index (κ3) is 5.68. The van der Waals surface area contributed by atoms with E-state index in [1.165, 1.54) is 27.8 Å². The SMILES string of the molecule is c1ccc(-c2ccc(N(c3ccc(-c4ccc5oc6ccccc6c5c4-c4ccccc4-c4ccccc4)cc3)c3ccc4c(c3)oc3ccccc34)cc2)cc1. The van der Waals surface area contributed by atoms with Crippen LogP contribution >= 0.6 is 0 Å². The zero-order valence-corrected chi connectivity index (χ0v) is 31.0. The van der Waals surface area contributed by atoms with Crippen molar-refractivity contribution < 1.29 is 8.83 Å². The minimum Gasteiger partial charge on any atom is -0.456 e. The van der Waals surface area contributed by atoms with Crippen molar-refractivity contribution in [3.8, 4) is 44.5 Å². The molecule has 2 aromatic heterocycles. The Kier molecular flexibility index (Phi) is 7.82. The summed E-state index contributed by atoms with van der Waals surface area (Å²) in [4.78, 5) is 2.31. The van der Waals surface area contributed by atoms with Gasteiger partial charge in [0.2, 0.25) is 0 Å². The minimum absolute atomic E-state index is 0.860. The van der Waals surface area contributed by atoms with Crippen molar-refractivity contribution in [1.82, 2.24) is 0 Å². The van der Waals surface area contributed by atoms with E-state index in [4.69, 9.17) is 8.83 Å². The maximum absolute atomic E-state index is 6.47. The normalized spacial score (nSPS) is 11.5. The molecule has 0 aliphatic heterocycles. The monoisotopic (exact) mass is 729 g/mol. The second-order valence-electron chi connectivity index (χ2n) is 14.4. The molecule has 11 rings (SSSR count). The third-order valence-electron chi connectivity index (χ3n) is 11.1. The maximum Gasteiger partial charge on any atom is 0.137 e. The highest BCUT2D eigenvalue weighted by Gasteiger charge is 2.21. The Morgan fingerprint density at radius 1 is 0.281 bits per heavy atom. The van der Waals surface area contributed by atoms with Gasteiger partial charge in [-0.15, -0.1) is 0 Å². The van der Waals surface area contributed by atoms with Gasteiger partial charge in [0.05, 0.1) is 0 Å². The molecule has 9 aromatic carbocycles. The average molecular weight is 730 g/mol. The van der Waals surface area contributed by atoms with Crippen molar-refractivity contribution >= 4 is 60.9 Å². The zero-order valence-electron chi connectivity index (χ0n) is 31.0. The number of rotatable bonds is 7. The Bertz CT molecular complexity index is 3210. The number of para-hydroxylation sites is 2. The standard InChI is InChI=1S/C54H35NO2/c1-3-13-36(14-4-1)37-23-27-40(28-24-37)55(42-31-32-46-45-18-9-11-21-49(45)57-52(46)35-42)41-29-25-39(26-30-41)44-33-34-51-54(48-20-10-12-22-50(48)56-51)53(44)47-19-8-7-17-43(47)38-15-5-2-6-16-38/h1-35H. The van der Waals surface area contributed by atoms with Crippen LogP contribution in [0.3, 0.4) is 0 Å². The van der Waals surface area contributed by atoms with Crippen LogP contribution in [0.15, 0.2) is 221 Å². The summed E-state index contributed by atoms with van der Waals surface area (Å²) in [6, 6.07) is 75.1. The molecule has 3 nitrogen and oxygen atoms in total. The van der Waals surface area contributed by atoms with Gasteiger partial charge >= 0.3 is 0 Å². The molecule has 0 aliphatic rings. The number of anilines is 3. The third-order valence-corrected chi connectivity index (χ3v) is 11.1. The molecule has 0 saturated carbocycles. The number of hydrogen-bond acceptors (Lipinski definition) is 3. The van der Waals surface area contributed by atoms with Crippen LogP contribution in [-0.4, -0.2) is 0 Å². The van der Waals surface area contributed by atoms with Crippen molar-refractivity contribution in [2.24, 2.45) is 0 Å². The molecule has 0 atom stereocenters. The first-order chi connectivity index (χ1) is 28.3. The van der Waals surface area contributed by atoms with Crippen LogP contribution < -0.4 is 4.90 Å². The van der Waals surface area contributed by atoms with Gasteiger partial charge in [-0.05, 0) is 93.5 Å². The molecule has 268 valence electrons. The van der Waals surface area contributed by atoms with Crippen molar-refractivity contribution in [3.05, 3.63) is 212 Å². The molecule has 0 amide bonds. The second-order valence-corrected chi connectivity index (χ2v) is 14.4. The summed E-state index contributed by atoms with van der Waals surface area (Å²) in [6.45, 7) is 0. The molecule has 0 bridgehead atoms. The fourth-order valence-corrected chi connectivity index (χ4v) is 8.43. The van der Waals surface area contributed by atoms with Gasteiger partial charge in [0.1, 0.15) is 22.3 Å². The topological polar surface area (TPSA) is 29.5 Å². The largest absolute Gasteiger partial charge is 0.456 e. The zero-order chi connectivity index (χ0) is 37.7. The predicted octanol–water partition coefficient (Wildman–Crippen LogP) is 15.6. The molecule has 2 heterocycles. The van der Waals surface area contributed by atoms with Gasteiger partial charge in [-0.3, -0.25) is 0 Å². The lowest BCUT2D eigenvalue weighted by Crippen LogP contribution is -2.09. The molecule has 0 radical (unpaired) electrons. The minimum atomic E-state index is 0.860. The quantitative estimate of drug-likeness (QED) is 0.164. The summed E-state index contributed by atoms with van der Waals surface area (Å²) in [6.07, 6.45) is 0. The van der Waals surface area contributed by atoms with Crippen molar-refractivity contribution in [2.45, 2.75) is 0 Å². The van der Waals surface area contributed by atoms with Gasteiger partial charge in [0, 0.05) is 50.2 Å². The smallest absolute Gasteiger partial charge is 0.137 e. The lowest BCUT2D eigenvalue weighted by Gasteiger charge is -2.26. The predicted molar refractivity (Wildman–Crippen MR) is 237 cm³/mol. The summed E-state index contributed by atoms with van der Waals surface area (Å²) in [7, 11) is 0. The van der Waals surface area contributed by atoms with E-state index in [1.54, 1.807) is 0 Å². The van der Waals surface area contributed by atoms with Gasteiger partial charge in [-0.2, -0.15) is 0 Å². The lowest BCUT2D eigenvalue weighted by molar-refractivity contribution is 0.668. The molecule has 57 heavy (non-hydrogen) atoms. The van der Waals surface area contributed by atoms with Crippen LogP contribution in [0.25, 0.3) is 88.4 Å². The van der Waals surface area contributed by atoms with Gasteiger partial charge in [-0.1, -0.05) is 152 Å². The molecular formula is C54H35NO2. The molecule has 0 N–H and O–H groups in total. The molecule has 3 heteroatoms. The van der Waals surface area contributed by atoms with E-state index in [9.17, 15) is 0 Å². The fourth-order valence-electron chi connectivity index (χ4n) is 8.43. The number of nitrogens with zero attached hydrogens (tertiary/aromatic N) is 1. The van der Waals surface area contributed by atoms with E-state index in [-0.39, 0.29) is 0 Å². The fraction of sp³-hybridized carbons (Fsp3) is 0. The number of benzene rings is 9. The van der Waals surface area contributed by atoms with E-state index >= 15 is 0 Å². The number of furan rings is 2. The molecule has 0 unspecified atom stereocenters. The van der Waals surface area contributed by atoms with Gasteiger partial charge in [0.15, 0.2) is 0 Å². The Labute approximate surface area is 330 Å². The van der Waals surface area contributed by atoms with E-state index in [1.807, 2.05) is 18.2 Å². The first-order valence-corrected chi connectivity index (χ1v) is 19.3. The van der Waals surface area contributed by atoms with Crippen LogP contribution in [0, 0.1) is 0 Å². The van der Waals surface area contributed by atoms with E-state index in [2.05, 4.69) is 199 Å². The number of fused-ring (bicyclic) bond motifs is 6. The van der Waals surface area contributed by atoms with Crippen LogP contribution in [-0.2, 0) is 0 Å².